The third kappa shape index (κ3) is 4.20. The molecule has 0 aromatic carbocycles. The molecule has 1 atom stereocenters. The Hall–Kier alpha value is -4.51. The number of hydrogen-bond donors (Lipinski definition) is 0. The predicted molar refractivity (Wildman–Crippen MR) is 127 cm³/mol. The Morgan fingerprint density at radius 2 is 1.97 bits per heavy atom. The summed E-state index contributed by atoms with van der Waals surface area (Å²) in [4.78, 5) is 10.3. The number of nitriles is 2. The van der Waals surface area contributed by atoms with E-state index in [1.807, 2.05) is 30.7 Å². The highest BCUT2D eigenvalue weighted by Gasteiger charge is 2.25. The number of pyridine rings is 2. The molecule has 0 amide bonds. The molecule has 0 spiro atoms. The number of halogens is 1. The van der Waals surface area contributed by atoms with E-state index in [2.05, 4.69) is 32.5 Å². The second-order valence-corrected chi connectivity index (χ2v) is 8.73. The molecule has 0 radical (unpaired) electrons. The maximum atomic E-state index is 13.4. The lowest BCUT2D eigenvalue weighted by atomic mass is 10.0. The zero-order valence-electron chi connectivity index (χ0n) is 20.0. The zero-order chi connectivity index (χ0) is 25.2. The van der Waals surface area contributed by atoms with Gasteiger partial charge >= 0.3 is 0 Å². The first-order valence-corrected chi connectivity index (χ1v) is 11.8. The van der Waals surface area contributed by atoms with Crippen LogP contribution in [0.3, 0.4) is 0 Å². The van der Waals surface area contributed by atoms with Gasteiger partial charge in [-0.05, 0) is 44.4 Å². The van der Waals surface area contributed by atoms with Gasteiger partial charge in [0.25, 0.3) is 0 Å². The number of imidazole rings is 1. The van der Waals surface area contributed by atoms with Crippen LogP contribution in [0, 0.1) is 35.5 Å². The lowest BCUT2D eigenvalue weighted by molar-refractivity contribution is 0.185. The Morgan fingerprint density at radius 3 is 2.64 bits per heavy atom. The molecule has 1 saturated heterocycles. The summed E-state index contributed by atoms with van der Waals surface area (Å²) in [6.45, 7) is 5.31. The van der Waals surface area contributed by atoms with Gasteiger partial charge in [-0.2, -0.15) is 10.5 Å². The van der Waals surface area contributed by atoms with Crippen molar-refractivity contribution in [1.29, 1.82) is 10.5 Å². The van der Waals surface area contributed by atoms with Crippen molar-refractivity contribution in [2.45, 2.75) is 45.3 Å². The van der Waals surface area contributed by atoms with Crippen molar-refractivity contribution in [2.75, 3.05) is 13.1 Å². The van der Waals surface area contributed by atoms with E-state index in [4.69, 9.17) is 10.00 Å². The number of nitrogens with zero attached hydrogens (tertiary/aromatic N) is 9. The van der Waals surface area contributed by atoms with Crippen molar-refractivity contribution in [2.24, 2.45) is 0 Å². The monoisotopic (exact) mass is 485 g/mol. The molecule has 1 aliphatic heterocycles. The van der Waals surface area contributed by atoms with Crippen LogP contribution >= 0.6 is 0 Å². The van der Waals surface area contributed by atoms with Gasteiger partial charge in [0.2, 0.25) is 5.88 Å². The molecule has 0 bridgehead atoms. The average Bonchev–Trinajstić information content (AvgIpc) is 3.51. The lowest BCUT2D eigenvalue weighted by Gasteiger charge is -2.28. The van der Waals surface area contributed by atoms with E-state index in [1.54, 1.807) is 15.4 Å². The molecular weight excluding hydrogens is 461 g/mol. The first kappa shape index (κ1) is 23.2. The zero-order valence-corrected chi connectivity index (χ0v) is 20.0. The van der Waals surface area contributed by atoms with Crippen molar-refractivity contribution < 1.29 is 9.13 Å². The smallest absolute Gasteiger partial charge is 0.201 e. The number of piperidine rings is 1. The third-order valence-electron chi connectivity index (χ3n) is 6.55. The molecule has 182 valence electrons. The van der Waals surface area contributed by atoms with Crippen molar-refractivity contribution in [3.8, 4) is 29.4 Å². The number of ether oxygens (including phenoxy) is 1. The van der Waals surface area contributed by atoms with Gasteiger partial charge in [-0.3, -0.25) is 9.38 Å². The van der Waals surface area contributed by atoms with Crippen LogP contribution in [0.25, 0.3) is 16.9 Å². The Balaban J connectivity index is 1.53. The van der Waals surface area contributed by atoms with Gasteiger partial charge in [0.1, 0.15) is 35.0 Å². The fourth-order valence-electron chi connectivity index (χ4n) is 4.62. The Kier molecular flexibility index (Phi) is 6.21. The number of rotatable bonds is 6. The molecule has 5 rings (SSSR count). The Bertz CT molecular complexity index is 1470. The third-order valence-corrected chi connectivity index (χ3v) is 6.55. The summed E-state index contributed by atoms with van der Waals surface area (Å²) in [6.07, 6.45) is 6.62. The summed E-state index contributed by atoms with van der Waals surface area (Å²) in [5, 5.41) is 27.7. The summed E-state index contributed by atoms with van der Waals surface area (Å²) < 4.78 is 23.3. The second kappa shape index (κ2) is 9.62. The summed E-state index contributed by atoms with van der Waals surface area (Å²) in [5.41, 5.74) is 3.81. The second-order valence-electron chi connectivity index (χ2n) is 8.73. The van der Waals surface area contributed by atoms with E-state index in [1.165, 1.54) is 12.3 Å². The molecule has 10 nitrogen and oxygen atoms in total. The summed E-state index contributed by atoms with van der Waals surface area (Å²) in [7, 11) is 0. The molecule has 1 aliphatic rings. The lowest BCUT2D eigenvalue weighted by Crippen LogP contribution is -2.31. The van der Waals surface area contributed by atoms with Crippen LogP contribution in [0.2, 0.25) is 0 Å². The minimum Gasteiger partial charge on any atom is -0.469 e. The summed E-state index contributed by atoms with van der Waals surface area (Å²) in [5.74, 6) is -0.0120. The van der Waals surface area contributed by atoms with Crippen LogP contribution in [0.5, 0.6) is 5.88 Å². The Morgan fingerprint density at radius 1 is 1.17 bits per heavy atom. The normalized spacial score (nSPS) is 15.0. The standard InChI is InChI=1S/C25H24FN9O/c1-3-22(21-5-4-18(26)13-29-21)36-24-11-17(10-23-30-14-20(12-27)34(23)24)25-16(2)35(32-31-25)19-6-8-33(15-28)9-7-19/h4-5,10-11,13-14,19,22H,3,6-9H2,1-2H3. The van der Waals surface area contributed by atoms with Crippen molar-refractivity contribution in [1.82, 2.24) is 34.3 Å². The van der Waals surface area contributed by atoms with Crippen LogP contribution in [-0.4, -0.2) is 47.4 Å². The summed E-state index contributed by atoms with van der Waals surface area (Å²) in [6, 6.07) is 8.93. The van der Waals surface area contributed by atoms with Gasteiger partial charge in [0.15, 0.2) is 6.19 Å². The van der Waals surface area contributed by atoms with E-state index in [-0.39, 0.29) is 6.04 Å². The van der Waals surface area contributed by atoms with Crippen molar-refractivity contribution in [3.05, 3.63) is 59.6 Å². The largest absolute Gasteiger partial charge is 0.469 e. The van der Waals surface area contributed by atoms with Crippen LogP contribution in [0.1, 0.15) is 55.4 Å². The Labute approximate surface area is 207 Å². The molecule has 0 aliphatic carbocycles. The average molecular weight is 486 g/mol. The molecule has 1 fully saturated rings. The number of hydrogen-bond acceptors (Lipinski definition) is 8. The topological polar surface area (TPSA) is 121 Å². The predicted octanol–water partition coefficient (Wildman–Crippen LogP) is 3.96. The van der Waals surface area contributed by atoms with Gasteiger partial charge in [-0.1, -0.05) is 12.1 Å². The van der Waals surface area contributed by atoms with Gasteiger partial charge < -0.3 is 9.64 Å². The highest BCUT2D eigenvalue weighted by atomic mass is 19.1. The van der Waals surface area contributed by atoms with Gasteiger partial charge in [-0.25, -0.2) is 14.1 Å². The number of aromatic nitrogens is 6. The molecule has 4 aromatic rings. The first-order valence-electron chi connectivity index (χ1n) is 11.8. The molecule has 4 aromatic heterocycles. The van der Waals surface area contributed by atoms with Gasteiger partial charge in [0.05, 0.1) is 29.8 Å². The van der Waals surface area contributed by atoms with E-state index in [0.717, 1.165) is 30.3 Å². The molecule has 1 unspecified atom stereocenters. The molecular formula is C25H24FN9O. The van der Waals surface area contributed by atoms with E-state index < -0.39 is 11.9 Å². The fraction of sp³-hybridized carbons (Fsp3) is 0.360. The quantitative estimate of drug-likeness (QED) is 0.376. The van der Waals surface area contributed by atoms with Crippen molar-refractivity contribution in [3.63, 3.8) is 0 Å². The molecule has 11 heteroatoms. The minimum atomic E-state index is -0.458. The summed E-state index contributed by atoms with van der Waals surface area (Å²) >= 11 is 0. The number of fused-ring (bicyclic) bond motifs is 1. The van der Waals surface area contributed by atoms with Crippen LogP contribution < -0.4 is 4.74 Å². The maximum absolute atomic E-state index is 13.4. The SMILES string of the molecule is CCC(Oc1cc(-c2nnn(C3CCN(C#N)CC3)c2C)cc2ncc(C#N)n12)c1ccc(F)cn1. The van der Waals surface area contributed by atoms with Crippen LogP contribution in [-0.2, 0) is 0 Å². The number of likely N-dealkylation sites (tertiary alicyclic amines) is 1. The highest BCUT2D eigenvalue weighted by Crippen LogP contribution is 2.33. The molecule has 0 N–H and O–H groups in total. The van der Waals surface area contributed by atoms with Crippen molar-refractivity contribution >= 4 is 5.65 Å². The molecule has 36 heavy (non-hydrogen) atoms. The fourth-order valence-corrected chi connectivity index (χ4v) is 4.62. The molecule has 5 heterocycles. The maximum Gasteiger partial charge on any atom is 0.201 e. The minimum absolute atomic E-state index is 0.168. The van der Waals surface area contributed by atoms with Crippen LogP contribution in [0.4, 0.5) is 4.39 Å². The van der Waals surface area contributed by atoms with Gasteiger partial charge in [0, 0.05) is 24.7 Å². The molecule has 0 saturated carbocycles. The van der Waals surface area contributed by atoms with E-state index in [9.17, 15) is 9.65 Å². The van der Waals surface area contributed by atoms with E-state index in [0.29, 0.717) is 48.1 Å². The van der Waals surface area contributed by atoms with Gasteiger partial charge in [-0.15, -0.1) is 5.10 Å². The van der Waals surface area contributed by atoms with Crippen LogP contribution in [0.15, 0.2) is 36.7 Å². The van der Waals surface area contributed by atoms with E-state index >= 15 is 0 Å². The first-order chi connectivity index (χ1) is 17.5. The highest BCUT2D eigenvalue weighted by molar-refractivity contribution is 5.68.